The van der Waals surface area contributed by atoms with E-state index in [1.165, 1.54) is 0 Å². The monoisotopic (exact) mass is 373 g/mol. The van der Waals surface area contributed by atoms with Gasteiger partial charge >= 0.3 is 0 Å². The first-order valence-corrected chi connectivity index (χ1v) is 9.63. The Morgan fingerprint density at radius 3 is 1.93 bits per heavy atom. The first-order valence-electron chi connectivity index (χ1n) is 9.63. The van der Waals surface area contributed by atoms with Crippen LogP contribution in [0.5, 0.6) is 5.75 Å². The standard InChI is InChI=1S/C25H27NO2/c1-19-14-15-20(2)24(16-19)28-21(3)25(27)26(17-22-10-6-4-7-11-22)18-23-12-8-5-9-13-23/h4-16,21H,17-18H2,1-3H3. The lowest BCUT2D eigenvalue weighted by atomic mass is 10.1. The van der Waals surface area contributed by atoms with E-state index in [1.54, 1.807) is 0 Å². The molecule has 0 heterocycles. The molecule has 0 bridgehead atoms. The zero-order valence-corrected chi connectivity index (χ0v) is 16.8. The highest BCUT2D eigenvalue weighted by atomic mass is 16.5. The van der Waals surface area contributed by atoms with Crippen molar-refractivity contribution in [1.82, 2.24) is 4.90 Å². The Morgan fingerprint density at radius 2 is 1.39 bits per heavy atom. The highest BCUT2D eigenvalue weighted by Crippen LogP contribution is 2.22. The molecule has 0 aliphatic rings. The fourth-order valence-corrected chi connectivity index (χ4v) is 3.15. The van der Waals surface area contributed by atoms with Crippen molar-refractivity contribution < 1.29 is 9.53 Å². The van der Waals surface area contributed by atoms with Gasteiger partial charge in [-0.3, -0.25) is 4.79 Å². The van der Waals surface area contributed by atoms with Crippen molar-refractivity contribution in [1.29, 1.82) is 0 Å². The van der Waals surface area contributed by atoms with Crippen molar-refractivity contribution >= 4 is 5.91 Å². The average Bonchev–Trinajstić information content (AvgIpc) is 2.71. The first kappa shape index (κ1) is 19.7. The highest BCUT2D eigenvalue weighted by Gasteiger charge is 2.23. The summed E-state index contributed by atoms with van der Waals surface area (Å²) in [6, 6.07) is 26.2. The second-order valence-electron chi connectivity index (χ2n) is 7.19. The minimum atomic E-state index is -0.562. The van der Waals surface area contributed by atoms with Gasteiger partial charge in [0, 0.05) is 13.1 Å². The van der Waals surface area contributed by atoms with E-state index in [2.05, 4.69) is 0 Å². The van der Waals surface area contributed by atoms with E-state index in [9.17, 15) is 4.79 Å². The van der Waals surface area contributed by atoms with Crippen LogP contribution in [0.4, 0.5) is 0 Å². The number of hydrogen-bond acceptors (Lipinski definition) is 2. The molecular formula is C25H27NO2. The molecule has 0 spiro atoms. The van der Waals surface area contributed by atoms with Gasteiger partial charge in [-0.15, -0.1) is 0 Å². The lowest BCUT2D eigenvalue weighted by molar-refractivity contribution is -0.139. The van der Waals surface area contributed by atoms with E-state index in [1.807, 2.05) is 105 Å². The number of rotatable bonds is 7. The minimum Gasteiger partial charge on any atom is -0.481 e. The van der Waals surface area contributed by atoms with Gasteiger partial charge in [0.25, 0.3) is 5.91 Å². The summed E-state index contributed by atoms with van der Waals surface area (Å²) < 4.78 is 6.05. The average molecular weight is 373 g/mol. The molecule has 0 N–H and O–H groups in total. The maximum absolute atomic E-state index is 13.3. The number of hydrogen-bond donors (Lipinski definition) is 0. The van der Waals surface area contributed by atoms with E-state index in [4.69, 9.17) is 4.74 Å². The summed E-state index contributed by atoms with van der Waals surface area (Å²) in [6.45, 7) is 6.95. The van der Waals surface area contributed by atoms with Gasteiger partial charge in [-0.25, -0.2) is 0 Å². The van der Waals surface area contributed by atoms with Crippen LogP contribution in [0.2, 0.25) is 0 Å². The number of aryl methyl sites for hydroxylation is 2. The summed E-state index contributed by atoms with van der Waals surface area (Å²) in [5, 5.41) is 0. The van der Waals surface area contributed by atoms with Gasteiger partial charge in [0.15, 0.2) is 6.10 Å². The molecular weight excluding hydrogens is 346 g/mol. The minimum absolute atomic E-state index is 0.0198. The van der Waals surface area contributed by atoms with Crippen LogP contribution < -0.4 is 4.74 Å². The molecule has 0 aliphatic heterocycles. The van der Waals surface area contributed by atoms with Gasteiger partial charge in [0.1, 0.15) is 5.75 Å². The molecule has 3 aromatic rings. The van der Waals surface area contributed by atoms with Crippen LogP contribution in [0.15, 0.2) is 78.9 Å². The Bertz CT molecular complexity index is 865. The van der Waals surface area contributed by atoms with Crippen molar-refractivity contribution in [2.24, 2.45) is 0 Å². The van der Waals surface area contributed by atoms with Crippen molar-refractivity contribution in [3.63, 3.8) is 0 Å². The summed E-state index contributed by atoms with van der Waals surface area (Å²) in [6.07, 6.45) is -0.562. The number of carbonyl (C=O) groups excluding carboxylic acids is 1. The Hall–Kier alpha value is -3.07. The third kappa shape index (κ3) is 5.23. The van der Waals surface area contributed by atoms with Gasteiger partial charge in [-0.1, -0.05) is 72.8 Å². The topological polar surface area (TPSA) is 29.5 Å². The second-order valence-corrected chi connectivity index (χ2v) is 7.19. The van der Waals surface area contributed by atoms with Crippen LogP contribution in [0.25, 0.3) is 0 Å². The molecule has 0 radical (unpaired) electrons. The highest BCUT2D eigenvalue weighted by molar-refractivity contribution is 5.81. The van der Waals surface area contributed by atoms with Crippen molar-refractivity contribution in [3.8, 4) is 5.75 Å². The lowest BCUT2D eigenvalue weighted by Gasteiger charge is -2.27. The Labute approximate surface area is 167 Å². The van der Waals surface area contributed by atoms with Crippen molar-refractivity contribution in [2.45, 2.75) is 40.0 Å². The smallest absolute Gasteiger partial charge is 0.263 e. The van der Waals surface area contributed by atoms with Crippen LogP contribution >= 0.6 is 0 Å². The molecule has 0 aromatic heterocycles. The van der Waals surface area contributed by atoms with E-state index in [0.717, 1.165) is 28.0 Å². The fraction of sp³-hybridized carbons (Fsp3) is 0.240. The molecule has 144 valence electrons. The summed E-state index contributed by atoms with van der Waals surface area (Å²) in [4.78, 5) is 15.1. The van der Waals surface area contributed by atoms with Crippen LogP contribution in [-0.2, 0) is 17.9 Å². The van der Waals surface area contributed by atoms with Gasteiger partial charge < -0.3 is 9.64 Å². The predicted molar refractivity (Wildman–Crippen MR) is 113 cm³/mol. The van der Waals surface area contributed by atoms with E-state index in [0.29, 0.717) is 13.1 Å². The van der Waals surface area contributed by atoms with E-state index >= 15 is 0 Å². The number of ether oxygens (including phenoxy) is 1. The number of amides is 1. The maximum Gasteiger partial charge on any atom is 0.263 e. The molecule has 0 aliphatic carbocycles. The third-order valence-corrected chi connectivity index (χ3v) is 4.74. The molecule has 3 heteroatoms. The predicted octanol–water partition coefficient (Wildman–Crippen LogP) is 5.30. The maximum atomic E-state index is 13.3. The molecule has 3 nitrogen and oxygen atoms in total. The molecule has 0 saturated carbocycles. The molecule has 3 aromatic carbocycles. The van der Waals surface area contributed by atoms with Crippen LogP contribution in [0.3, 0.4) is 0 Å². The Morgan fingerprint density at radius 1 is 0.857 bits per heavy atom. The number of nitrogens with zero attached hydrogens (tertiary/aromatic N) is 1. The summed E-state index contributed by atoms with van der Waals surface area (Å²) >= 11 is 0. The third-order valence-electron chi connectivity index (χ3n) is 4.74. The van der Waals surface area contributed by atoms with Crippen LogP contribution in [0.1, 0.15) is 29.2 Å². The molecule has 0 saturated heterocycles. The molecule has 0 fully saturated rings. The zero-order valence-electron chi connectivity index (χ0n) is 16.8. The van der Waals surface area contributed by atoms with Gasteiger partial charge in [0.2, 0.25) is 0 Å². The lowest BCUT2D eigenvalue weighted by Crippen LogP contribution is -2.39. The molecule has 1 unspecified atom stereocenters. The largest absolute Gasteiger partial charge is 0.481 e. The molecule has 1 atom stereocenters. The van der Waals surface area contributed by atoms with Crippen molar-refractivity contribution in [2.75, 3.05) is 0 Å². The quantitative estimate of drug-likeness (QED) is 0.562. The number of benzene rings is 3. The SMILES string of the molecule is Cc1ccc(C)c(OC(C)C(=O)N(Cc2ccccc2)Cc2ccccc2)c1. The molecule has 1 amide bonds. The van der Waals surface area contributed by atoms with Gasteiger partial charge in [-0.2, -0.15) is 0 Å². The first-order chi connectivity index (χ1) is 13.5. The van der Waals surface area contributed by atoms with Gasteiger partial charge in [-0.05, 0) is 49.1 Å². The molecule has 3 rings (SSSR count). The summed E-state index contributed by atoms with van der Waals surface area (Å²) in [5.74, 6) is 0.744. The second kappa shape index (κ2) is 9.23. The van der Waals surface area contributed by atoms with Crippen molar-refractivity contribution in [3.05, 3.63) is 101 Å². The van der Waals surface area contributed by atoms with Crippen LogP contribution in [0, 0.1) is 13.8 Å². The normalized spacial score (nSPS) is 11.7. The Balaban J connectivity index is 1.79. The zero-order chi connectivity index (χ0) is 19.9. The fourth-order valence-electron chi connectivity index (χ4n) is 3.15. The van der Waals surface area contributed by atoms with E-state index < -0.39 is 6.10 Å². The van der Waals surface area contributed by atoms with Gasteiger partial charge in [0.05, 0.1) is 0 Å². The van der Waals surface area contributed by atoms with Crippen LogP contribution in [-0.4, -0.2) is 16.9 Å². The molecule has 28 heavy (non-hydrogen) atoms. The Kier molecular flexibility index (Phi) is 6.49. The van der Waals surface area contributed by atoms with E-state index in [-0.39, 0.29) is 5.91 Å². The summed E-state index contributed by atoms with van der Waals surface area (Å²) in [5.41, 5.74) is 4.35. The summed E-state index contributed by atoms with van der Waals surface area (Å²) in [7, 11) is 0. The number of carbonyl (C=O) groups is 1.